The molecule has 1 fully saturated rings. The van der Waals surface area contributed by atoms with Crippen LogP contribution in [-0.4, -0.2) is 46.5 Å². The van der Waals surface area contributed by atoms with Crippen molar-refractivity contribution >= 4 is 58.0 Å². The van der Waals surface area contributed by atoms with E-state index in [1.807, 2.05) is 0 Å². The topological polar surface area (TPSA) is 122 Å². The lowest BCUT2D eigenvalue weighted by molar-refractivity contribution is -0.125. The van der Waals surface area contributed by atoms with Crippen LogP contribution in [0.2, 0.25) is 0 Å². The molecule has 0 spiro atoms. The van der Waals surface area contributed by atoms with Crippen molar-refractivity contribution in [3.05, 3.63) is 52.2 Å². The number of hydrazine groups is 1. The van der Waals surface area contributed by atoms with E-state index in [0.717, 1.165) is 0 Å². The summed E-state index contributed by atoms with van der Waals surface area (Å²) in [5, 5.41) is 2.89. The lowest BCUT2D eigenvalue weighted by atomic mass is 10.1. The monoisotopic (exact) mass is 446 g/mol. The van der Waals surface area contributed by atoms with Gasteiger partial charge in [-0.3, -0.25) is 24.7 Å². The first kappa shape index (κ1) is 21.4. The van der Waals surface area contributed by atoms with Gasteiger partial charge in [-0.25, -0.2) is 9.80 Å². The number of amides is 3. The zero-order valence-corrected chi connectivity index (χ0v) is 17.5. The number of esters is 1. The molecule has 11 heteroatoms. The van der Waals surface area contributed by atoms with Crippen LogP contribution in [0.25, 0.3) is 0 Å². The number of thiocarbonyl (C=S) groups is 1. The zero-order valence-electron chi connectivity index (χ0n) is 15.9. The van der Waals surface area contributed by atoms with Gasteiger partial charge in [-0.05, 0) is 54.9 Å². The SMILES string of the molecule is CCOC(=O)c1ccc(N2C(=O)C(CC(N)=O)N(NC(=O)c3cccs3)C2=S)cc1. The highest BCUT2D eigenvalue weighted by molar-refractivity contribution is 7.80. The molecule has 1 saturated heterocycles. The standard InChI is InChI=1S/C19H18N4O5S2/c1-2-28-18(27)11-5-7-12(8-6-11)22-17(26)13(10-15(20)24)23(19(22)29)21-16(25)14-4-3-9-30-14/h3-9,13H,2,10H2,1H3,(H2,20,24)(H,21,25). The molecule has 1 aliphatic heterocycles. The predicted molar refractivity (Wildman–Crippen MR) is 114 cm³/mol. The molecule has 0 radical (unpaired) electrons. The van der Waals surface area contributed by atoms with Crippen molar-refractivity contribution in [2.45, 2.75) is 19.4 Å². The van der Waals surface area contributed by atoms with Crippen molar-refractivity contribution in [1.29, 1.82) is 0 Å². The zero-order chi connectivity index (χ0) is 21.8. The summed E-state index contributed by atoms with van der Waals surface area (Å²) in [5.74, 6) is -2.19. The predicted octanol–water partition coefficient (Wildman–Crippen LogP) is 1.45. The Kier molecular flexibility index (Phi) is 6.43. The summed E-state index contributed by atoms with van der Waals surface area (Å²) >= 11 is 6.62. The van der Waals surface area contributed by atoms with Crippen LogP contribution in [0.1, 0.15) is 33.4 Å². The third kappa shape index (κ3) is 4.31. The van der Waals surface area contributed by atoms with Crippen molar-refractivity contribution in [3.8, 4) is 0 Å². The smallest absolute Gasteiger partial charge is 0.338 e. The molecule has 0 aliphatic carbocycles. The highest BCUT2D eigenvalue weighted by Gasteiger charge is 2.45. The van der Waals surface area contributed by atoms with E-state index in [0.29, 0.717) is 16.1 Å². The molecule has 1 aromatic heterocycles. The van der Waals surface area contributed by atoms with E-state index in [-0.39, 0.29) is 18.1 Å². The van der Waals surface area contributed by atoms with E-state index >= 15 is 0 Å². The molecule has 1 atom stereocenters. The van der Waals surface area contributed by atoms with Crippen molar-refractivity contribution in [1.82, 2.24) is 10.4 Å². The van der Waals surface area contributed by atoms with E-state index in [1.165, 1.54) is 45.5 Å². The quantitative estimate of drug-likeness (QED) is 0.488. The van der Waals surface area contributed by atoms with Gasteiger partial charge in [0.05, 0.1) is 29.2 Å². The third-order valence-corrected chi connectivity index (χ3v) is 5.46. The fourth-order valence-electron chi connectivity index (χ4n) is 2.86. The van der Waals surface area contributed by atoms with E-state index in [1.54, 1.807) is 24.4 Å². The number of carbonyl (C=O) groups is 4. The second-order valence-corrected chi connectivity index (χ2v) is 7.51. The average molecular weight is 447 g/mol. The summed E-state index contributed by atoms with van der Waals surface area (Å²) in [7, 11) is 0. The number of nitrogens with two attached hydrogens (primary N) is 1. The number of nitrogens with zero attached hydrogens (tertiary/aromatic N) is 2. The van der Waals surface area contributed by atoms with E-state index in [4.69, 9.17) is 22.7 Å². The number of benzene rings is 1. The Balaban J connectivity index is 1.87. The normalized spacial score (nSPS) is 16.0. The van der Waals surface area contributed by atoms with Crippen LogP contribution < -0.4 is 16.1 Å². The molecule has 0 saturated carbocycles. The Morgan fingerprint density at radius 2 is 1.93 bits per heavy atom. The maximum absolute atomic E-state index is 13.0. The third-order valence-electron chi connectivity index (χ3n) is 4.21. The van der Waals surface area contributed by atoms with Crippen molar-refractivity contribution in [3.63, 3.8) is 0 Å². The number of thiophene rings is 1. The van der Waals surface area contributed by atoms with Gasteiger partial charge >= 0.3 is 5.97 Å². The average Bonchev–Trinajstić information content (AvgIpc) is 3.32. The fraction of sp³-hybridized carbons (Fsp3) is 0.211. The largest absolute Gasteiger partial charge is 0.462 e. The highest BCUT2D eigenvalue weighted by atomic mass is 32.1. The first-order valence-electron chi connectivity index (χ1n) is 8.90. The number of rotatable bonds is 7. The Labute approximate surface area is 181 Å². The molecule has 9 nitrogen and oxygen atoms in total. The molecule has 30 heavy (non-hydrogen) atoms. The Bertz CT molecular complexity index is 991. The minimum absolute atomic E-state index is 0.0139. The van der Waals surface area contributed by atoms with Gasteiger partial charge in [0.15, 0.2) is 0 Å². The minimum Gasteiger partial charge on any atom is -0.462 e. The van der Waals surface area contributed by atoms with Crippen LogP contribution in [-0.2, 0) is 14.3 Å². The molecule has 156 valence electrons. The Hall–Kier alpha value is -3.31. The second-order valence-electron chi connectivity index (χ2n) is 6.20. The molecule has 2 aromatic rings. The molecular formula is C19H18N4O5S2. The highest BCUT2D eigenvalue weighted by Crippen LogP contribution is 2.26. The molecule has 1 aliphatic rings. The number of hydrogen-bond acceptors (Lipinski definition) is 7. The van der Waals surface area contributed by atoms with Gasteiger partial charge < -0.3 is 10.5 Å². The molecule has 1 aromatic carbocycles. The lowest BCUT2D eigenvalue weighted by Gasteiger charge is -2.23. The van der Waals surface area contributed by atoms with E-state index < -0.39 is 29.7 Å². The molecule has 3 rings (SSSR count). The van der Waals surface area contributed by atoms with Crippen molar-refractivity contribution in [2.75, 3.05) is 11.5 Å². The second kappa shape index (κ2) is 9.01. The van der Waals surface area contributed by atoms with E-state index in [9.17, 15) is 19.2 Å². The van der Waals surface area contributed by atoms with Gasteiger partial charge in [0.25, 0.3) is 11.8 Å². The molecular weight excluding hydrogens is 428 g/mol. The first-order chi connectivity index (χ1) is 14.3. The maximum Gasteiger partial charge on any atom is 0.338 e. The number of ether oxygens (including phenoxy) is 1. The van der Waals surface area contributed by atoms with Crippen molar-refractivity contribution in [2.24, 2.45) is 5.73 Å². The van der Waals surface area contributed by atoms with E-state index in [2.05, 4.69) is 5.43 Å². The first-order valence-corrected chi connectivity index (χ1v) is 10.2. The number of nitrogens with one attached hydrogen (secondary N) is 1. The maximum atomic E-state index is 13.0. The number of carbonyl (C=O) groups excluding carboxylic acids is 4. The minimum atomic E-state index is -1.08. The summed E-state index contributed by atoms with van der Waals surface area (Å²) in [5.41, 5.74) is 8.56. The summed E-state index contributed by atoms with van der Waals surface area (Å²) in [6, 6.07) is 8.31. The van der Waals surface area contributed by atoms with Crippen LogP contribution in [0.4, 0.5) is 5.69 Å². The van der Waals surface area contributed by atoms with Gasteiger partial charge in [0.2, 0.25) is 11.0 Å². The van der Waals surface area contributed by atoms with Gasteiger partial charge in [-0.1, -0.05) is 6.07 Å². The van der Waals surface area contributed by atoms with Gasteiger partial charge in [0, 0.05) is 0 Å². The van der Waals surface area contributed by atoms with Crippen LogP contribution in [0.5, 0.6) is 0 Å². The number of hydrogen-bond donors (Lipinski definition) is 2. The molecule has 3 amide bonds. The summed E-state index contributed by atoms with van der Waals surface area (Å²) in [6.07, 6.45) is -0.332. The number of anilines is 1. The number of primary amides is 1. The van der Waals surface area contributed by atoms with Gasteiger partial charge in [-0.2, -0.15) is 0 Å². The van der Waals surface area contributed by atoms with Gasteiger partial charge in [-0.15, -0.1) is 11.3 Å². The van der Waals surface area contributed by atoms with Crippen LogP contribution >= 0.6 is 23.6 Å². The summed E-state index contributed by atoms with van der Waals surface area (Å²) in [4.78, 5) is 50.4. The molecule has 2 heterocycles. The fourth-order valence-corrected chi connectivity index (χ4v) is 3.84. The molecule has 0 bridgehead atoms. The van der Waals surface area contributed by atoms with Gasteiger partial charge in [0.1, 0.15) is 6.04 Å². The Morgan fingerprint density at radius 1 is 1.23 bits per heavy atom. The Morgan fingerprint density at radius 3 is 2.50 bits per heavy atom. The molecule has 1 unspecified atom stereocenters. The van der Waals surface area contributed by atoms with Crippen LogP contribution in [0.15, 0.2) is 41.8 Å². The van der Waals surface area contributed by atoms with Crippen LogP contribution in [0.3, 0.4) is 0 Å². The van der Waals surface area contributed by atoms with Crippen LogP contribution in [0, 0.1) is 0 Å². The molecule has 3 N–H and O–H groups in total. The summed E-state index contributed by atoms with van der Waals surface area (Å²) < 4.78 is 4.94. The van der Waals surface area contributed by atoms with Crippen molar-refractivity contribution < 1.29 is 23.9 Å². The summed E-state index contributed by atoms with van der Waals surface area (Å²) in [6.45, 7) is 1.94. The lowest BCUT2D eigenvalue weighted by Crippen LogP contribution is -2.49.